The van der Waals surface area contributed by atoms with Gasteiger partial charge in [0.1, 0.15) is 16.2 Å². The quantitative estimate of drug-likeness (QED) is 0.362. The first-order chi connectivity index (χ1) is 18.7. The van der Waals surface area contributed by atoms with Crippen LogP contribution in [0.15, 0.2) is 71.9 Å². The fraction of sp³-hybridized carbons (Fsp3) is 0.308. The summed E-state index contributed by atoms with van der Waals surface area (Å²) in [6.07, 6.45) is 1.59. The normalized spacial score (nSPS) is 12.5. The molecule has 0 saturated carbocycles. The van der Waals surface area contributed by atoms with Gasteiger partial charge in [0.2, 0.25) is 10.0 Å². The molecule has 0 aliphatic heterocycles. The minimum Gasteiger partial charge on any atom is -0.441 e. The summed E-state index contributed by atoms with van der Waals surface area (Å²) in [4.78, 5) is 37.7. The minimum absolute atomic E-state index is 0.0188. The first-order valence-corrected chi connectivity index (χ1v) is 13.4. The third-order valence-corrected chi connectivity index (χ3v) is 6.39. The van der Waals surface area contributed by atoms with E-state index in [0.29, 0.717) is 10.6 Å². The second kappa shape index (κ2) is 12.8. The molecule has 0 spiro atoms. The van der Waals surface area contributed by atoms with Crippen molar-refractivity contribution in [3.8, 4) is 5.75 Å². The van der Waals surface area contributed by atoms with E-state index < -0.39 is 40.3 Å². The van der Waals surface area contributed by atoms with Crippen LogP contribution in [0, 0.1) is 0 Å². The van der Waals surface area contributed by atoms with E-state index in [1.807, 2.05) is 0 Å². The van der Waals surface area contributed by atoms with Crippen LogP contribution in [0.2, 0.25) is 0 Å². The molecular formula is C26H28F2N4O7S. The summed E-state index contributed by atoms with van der Waals surface area (Å²) in [5.41, 5.74) is -0.217. The summed E-state index contributed by atoms with van der Waals surface area (Å²) in [7, 11) is -4.11. The Morgan fingerprint density at radius 1 is 1.05 bits per heavy atom. The lowest BCUT2D eigenvalue weighted by Gasteiger charge is -2.26. The van der Waals surface area contributed by atoms with Gasteiger partial charge in [-0.25, -0.2) is 27.7 Å². The number of alkyl halides is 2. The van der Waals surface area contributed by atoms with Crippen molar-refractivity contribution in [2.75, 3.05) is 5.06 Å². The van der Waals surface area contributed by atoms with Gasteiger partial charge in [0, 0.05) is 19.3 Å². The van der Waals surface area contributed by atoms with E-state index in [9.17, 15) is 26.8 Å². The molecule has 0 radical (unpaired) electrons. The van der Waals surface area contributed by atoms with Crippen molar-refractivity contribution in [3.05, 3.63) is 78.2 Å². The number of hydroxylamine groups is 1. The number of benzene rings is 1. The zero-order valence-corrected chi connectivity index (χ0v) is 22.9. The minimum atomic E-state index is -4.11. The van der Waals surface area contributed by atoms with Crippen LogP contribution in [0.1, 0.15) is 45.0 Å². The highest BCUT2D eigenvalue weighted by molar-refractivity contribution is 7.89. The van der Waals surface area contributed by atoms with Gasteiger partial charge >= 0.3 is 18.7 Å². The first kappa shape index (κ1) is 30.4. The number of nitrogens with zero attached hydrogens (tertiary/aromatic N) is 3. The highest BCUT2D eigenvalue weighted by Gasteiger charge is 2.29. The second-order valence-electron chi connectivity index (χ2n) is 9.37. The zero-order valence-electron chi connectivity index (χ0n) is 22.1. The van der Waals surface area contributed by atoms with Gasteiger partial charge in [-0.3, -0.25) is 4.98 Å². The topological polar surface area (TPSA) is 137 Å². The maximum Gasteiger partial charge on any atom is 0.450 e. The zero-order chi connectivity index (χ0) is 29.5. The van der Waals surface area contributed by atoms with E-state index in [1.54, 1.807) is 20.8 Å². The Kier molecular flexibility index (Phi) is 9.71. The van der Waals surface area contributed by atoms with E-state index in [1.165, 1.54) is 67.0 Å². The smallest absolute Gasteiger partial charge is 0.441 e. The molecule has 0 bridgehead atoms. The lowest BCUT2D eigenvalue weighted by atomic mass is 10.0. The van der Waals surface area contributed by atoms with Gasteiger partial charge in [0.15, 0.2) is 5.82 Å². The number of hydrogen-bond donors (Lipinski definition) is 1. The summed E-state index contributed by atoms with van der Waals surface area (Å²) >= 11 is 0. The van der Waals surface area contributed by atoms with Gasteiger partial charge in [0.05, 0.1) is 11.7 Å². The molecule has 2 aromatic heterocycles. The molecule has 0 aliphatic carbocycles. The Morgan fingerprint density at radius 3 is 2.33 bits per heavy atom. The molecule has 0 aliphatic rings. The summed E-state index contributed by atoms with van der Waals surface area (Å²) in [6, 6.07) is 11.8. The molecule has 214 valence electrons. The molecule has 0 fully saturated rings. The number of anilines is 1. The predicted molar refractivity (Wildman–Crippen MR) is 139 cm³/mol. The first-order valence-electron chi connectivity index (χ1n) is 11.9. The van der Waals surface area contributed by atoms with Crippen molar-refractivity contribution in [2.45, 2.75) is 57.3 Å². The molecule has 3 rings (SSSR count). The average molecular weight is 579 g/mol. The Bertz CT molecular complexity index is 1420. The van der Waals surface area contributed by atoms with Crippen LogP contribution in [0.4, 0.5) is 19.4 Å². The van der Waals surface area contributed by atoms with E-state index in [2.05, 4.69) is 19.4 Å². The lowest BCUT2D eigenvalue weighted by molar-refractivity contribution is -0.142. The highest BCUT2D eigenvalue weighted by atomic mass is 32.2. The largest absolute Gasteiger partial charge is 0.450 e. The van der Waals surface area contributed by atoms with Gasteiger partial charge in [-0.05, 0) is 69.2 Å². The SMILES string of the molecule is CC(=O)ON(C(=O)OC(C)(C)C)c1cccc(C(Cc2ccc(OC(F)F)cc2)NS(=O)(=O)c2cccnc2)n1. The molecule has 1 aromatic carbocycles. The standard InChI is InChI=1S/C26H28F2N4O7S/c1-17(33)39-32(25(34)38-26(2,3)4)23-9-5-8-21(30-23)22(31-40(35,36)20-7-6-14-29-16-20)15-18-10-12-19(13-11-18)37-24(27)28/h5-14,16,22,24,31H,15H2,1-4H3. The predicted octanol–water partition coefficient (Wildman–Crippen LogP) is 4.56. The number of halogens is 2. The average Bonchev–Trinajstić information content (AvgIpc) is 2.87. The van der Waals surface area contributed by atoms with Crippen LogP contribution in [0.5, 0.6) is 5.75 Å². The van der Waals surface area contributed by atoms with Crippen LogP contribution in [0.25, 0.3) is 0 Å². The molecule has 1 N–H and O–H groups in total. The van der Waals surface area contributed by atoms with Crippen molar-refractivity contribution in [3.63, 3.8) is 0 Å². The Hall–Kier alpha value is -4.17. The van der Waals surface area contributed by atoms with Gasteiger partial charge in [-0.2, -0.15) is 8.78 Å². The van der Waals surface area contributed by atoms with Gasteiger partial charge in [-0.1, -0.05) is 23.3 Å². The molecule has 11 nitrogen and oxygen atoms in total. The van der Waals surface area contributed by atoms with Crippen molar-refractivity contribution < 1.29 is 41.1 Å². The maximum absolute atomic E-state index is 13.2. The van der Waals surface area contributed by atoms with Crippen molar-refractivity contribution in [1.29, 1.82) is 0 Å². The Labute approximate surface area is 230 Å². The van der Waals surface area contributed by atoms with Crippen LogP contribution in [-0.4, -0.2) is 42.7 Å². The fourth-order valence-electron chi connectivity index (χ4n) is 3.37. The number of rotatable bonds is 9. The lowest BCUT2D eigenvalue weighted by Crippen LogP contribution is -2.39. The van der Waals surface area contributed by atoms with E-state index in [-0.39, 0.29) is 28.6 Å². The van der Waals surface area contributed by atoms with Gasteiger partial charge < -0.3 is 14.3 Å². The van der Waals surface area contributed by atoms with Crippen molar-refractivity contribution in [1.82, 2.24) is 14.7 Å². The van der Waals surface area contributed by atoms with Gasteiger partial charge in [0.25, 0.3) is 0 Å². The molecule has 14 heteroatoms. The number of pyridine rings is 2. The molecule has 1 unspecified atom stereocenters. The highest BCUT2D eigenvalue weighted by Crippen LogP contribution is 2.25. The second-order valence-corrected chi connectivity index (χ2v) is 11.1. The van der Waals surface area contributed by atoms with E-state index >= 15 is 0 Å². The molecule has 0 saturated heterocycles. The van der Waals surface area contributed by atoms with Crippen LogP contribution in [-0.2, 0) is 30.8 Å². The summed E-state index contributed by atoms with van der Waals surface area (Å²) in [5.74, 6) is -1.04. The molecule has 2 heterocycles. The van der Waals surface area contributed by atoms with Crippen LogP contribution >= 0.6 is 0 Å². The summed E-state index contributed by atoms with van der Waals surface area (Å²) in [6.45, 7) is 2.97. The monoisotopic (exact) mass is 578 g/mol. The fourth-order valence-corrected chi connectivity index (χ4v) is 4.54. The molecule has 40 heavy (non-hydrogen) atoms. The molecule has 1 atom stereocenters. The summed E-state index contributed by atoms with van der Waals surface area (Å²) < 4.78 is 63.7. The van der Waals surface area contributed by atoms with Gasteiger partial charge in [-0.15, -0.1) is 0 Å². The summed E-state index contributed by atoms with van der Waals surface area (Å²) in [5, 5.41) is 0.570. The number of nitrogens with one attached hydrogen (secondary N) is 1. The number of hydrogen-bond acceptors (Lipinski definition) is 9. The molecular weight excluding hydrogens is 550 g/mol. The van der Waals surface area contributed by atoms with Crippen LogP contribution < -0.4 is 14.5 Å². The third-order valence-electron chi connectivity index (χ3n) is 4.93. The maximum atomic E-state index is 13.2. The van der Waals surface area contributed by atoms with Crippen molar-refractivity contribution >= 4 is 27.9 Å². The Morgan fingerprint density at radius 2 is 1.75 bits per heavy atom. The molecule has 3 aromatic rings. The number of carbonyl (C=O) groups excluding carboxylic acids is 2. The Balaban J connectivity index is 2.01. The molecule has 1 amide bonds. The van der Waals surface area contributed by atoms with Crippen molar-refractivity contribution in [2.24, 2.45) is 0 Å². The number of ether oxygens (including phenoxy) is 2. The number of aromatic nitrogens is 2. The number of amides is 1. The van der Waals surface area contributed by atoms with E-state index in [4.69, 9.17) is 9.57 Å². The third kappa shape index (κ3) is 8.95. The van der Waals surface area contributed by atoms with Crippen LogP contribution in [0.3, 0.4) is 0 Å². The van der Waals surface area contributed by atoms with E-state index in [0.717, 1.165) is 6.92 Å². The number of sulfonamides is 1. The number of carbonyl (C=O) groups is 2.